The standard InChI is InChI=1S/C48H63NO6/c1-29-39-37-25-34-35(26-48(40(34)31-14-4-3-5-15-31)22-21-47(28-48)19-8-9-20-47)41(42(51)33-17-10-16-32(24-33)30-12-6-7-13-30)49(37)23-11-18-38(39)54-43(29)45-44(53-2)36(27-50)46(52)55-45/h3-5,10,14-15,17-18,29-30,32-35,37,39-42,50-51H,6-9,11-13,16,19-28H2,1-2H3. The SMILES string of the molecule is COC1=C(CO)C(=O)OC1=C1OC2=CCCN3C(CC4C(CC5(CCC6(CCCC6)C5)C4c4ccccc4)C3C(O)C3C=CCC(C4CCCC4)C3)C2C1C. The fourth-order valence-electron chi connectivity index (χ4n) is 15.0. The van der Waals surface area contributed by atoms with Gasteiger partial charge in [0.25, 0.3) is 0 Å². The molecule has 10 rings (SSSR count). The van der Waals surface area contributed by atoms with Crippen LogP contribution in [0.25, 0.3) is 0 Å². The lowest BCUT2D eigenvalue weighted by molar-refractivity contribution is -0.133. The van der Waals surface area contributed by atoms with Gasteiger partial charge in [-0.15, -0.1) is 0 Å². The predicted octanol–water partition coefficient (Wildman–Crippen LogP) is 8.94. The lowest BCUT2D eigenvalue weighted by atomic mass is 9.64. The van der Waals surface area contributed by atoms with Crippen LogP contribution in [0.1, 0.15) is 121 Å². The molecule has 5 aliphatic carbocycles. The van der Waals surface area contributed by atoms with Gasteiger partial charge in [0.2, 0.25) is 5.76 Å². The van der Waals surface area contributed by atoms with E-state index >= 15 is 0 Å². The van der Waals surface area contributed by atoms with Gasteiger partial charge in [0, 0.05) is 36.4 Å². The summed E-state index contributed by atoms with van der Waals surface area (Å²) in [7, 11) is 1.52. The van der Waals surface area contributed by atoms with Gasteiger partial charge in [-0.1, -0.05) is 87.9 Å². The first-order valence-electron chi connectivity index (χ1n) is 22.2. The van der Waals surface area contributed by atoms with Crippen LogP contribution in [0.5, 0.6) is 0 Å². The molecule has 6 fully saturated rings. The number of allylic oxidation sites excluding steroid dienone is 2. The van der Waals surface area contributed by atoms with E-state index in [0.29, 0.717) is 40.6 Å². The second-order valence-electron chi connectivity index (χ2n) is 19.6. The number of hydrogen-bond donors (Lipinski definition) is 2. The number of nitrogens with zero attached hydrogens (tertiary/aromatic N) is 1. The Morgan fingerprint density at radius 1 is 0.982 bits per heavy atom. The van der Waals surface area contributed by atoms with Crippen molar-refractivity contribution in [2.24, 2.45) is 52.3 Å². The molecule has 55 heavy (non-hydrogen) atoms. The van der Waals surface area contributed by atoms with Crippen molar-refractivity contribution < 1.29 is 29.2 Å². The summed E-state index contributed by atoms with van der Waals surface area (Å²) in [4.78, 5) is 15.7. The van der Waals surface area contributed by atoms with E-state index in [-0.39, 0.29) is 46.6 Å². The number of piperidine rings is 1. The van der Waals surface area contributed by atoms with Crippen molar-refractivity contribution in [3.63, 3.8) is 0 Å². The van der Waals surface area contributed by atoms with E-state index in [9.17, 15) is 15.0 Å². The molecule has 2 spiro atoms. The molecule has 1 aromatic rings. The minimum atomic E-state index is -0.570. The first-order valence-corrected chi connectivity index (χ1v) is 22.2. The molecule has 7 nitrogen and oxygen atoms in total. The monoisotopic (exact) mass is 749 g/mol. The van der Waals surface area contributed by atoms with Crippen LogP contribution in [0.3, 0.4) is 0 Å². The number of methoxy groups -OCH3 is 1. The highest BCUT2D eigenvalue weighted by molar-refractivity contribution is 5.94. The Hall–Kier alpha value is -2.87. The molecule has 9 aliphatic rings. The first-order chi connectivity index (χ1) is 26.8. The third-order valence-corrected chi connectivity index (χ3v) is 17.2. The van der Waals surface area contributed by atoms with Crippen LogP contribution < -0.4 is 0 Å². The van der Waals surface area contributed by atoms with Crippen LogP contribution in [0.2, 0.25) is 0 Å². The molecule has 0 aromatic heterocycles. The Kier molecular flexibility index (Phi) is 9.41. The zero-order chi connectivity index (χ0) is 37.5. The molecule has 296 valence electrons. The molecule has 11 atom stereocenters. The van der Waals surface area contributed by atoms with Crippen LogP contribution in [0.4, 0.5) is 0 Å². The molecule has 2 N–H and O–H groups in total. The van der Waals surface area contributed by atoms with Gasteiger partial charge in [-0.2, -0.15) is 0 Å². The van der Waals surface area contributed by atoms with Gasteiger partial charge < -0.3 is 24.4 Å². The quantitative estimate of drug-likeness (QED) is 0.222. The summed E-state index contributed by atoms with van der Waals surface area (Å²) in [6, 6.07) is 11.8. The van der Waals surface area contributed by atoms with Crippen molar-refractivity contribution in [3.05, 3.63) is 82.7 Å². The molecule has 4 heterocycles. The second-order valence-corrected chi connectivity index (χ2v) is 19.6. The topological polar surface area (TPSA) is 88.5 Å². The van der Waals surface area contributed by atoms with Gasteiger partial charge in [-0.25, -0.2) is 4.79 Å². The highest BCUT2D eigenvalue weighted by Crippen LogP contribution is 2.72. The Labute approximate surface area is 328 Å². The van der Waals surface area contributed by atoms with Crippen molar-refractivity contribution in [2.45, 2.75) is 134 Å². The molecule has 0 bridgehead atoms. The van der Waals surface area contributed by atoms with Crippen molar-refractivity contribution in [1.82, 2.24) is 4.90 Å². The van der Waals surface area contributed by atoms with Gasteiger partial charge in [0.1, 0.15) is 11.3 Å². The molecular weight excluding hydrogens is 687 g/mol. The fraction of sp³-hybridized carbons (Fsp3) is 0.688. The summed E-state index contributed by atoms with van der Waals surface area (Å²) in [6.45, 7) is 2.69. The zero-order valence-corrected chi connectivity index (χ0v) is 33.2. The van der Waals surface area contributed by atoms with Crippen molar-refractivity contribution >= 4 is 5.97 Å². The minimum absolute atomic E-state index is 0.0569. The van der Waals surface area contributed by atoms with Crippen LogP contribution in [0.15, 0.2) is 77.2 Å². The highest BCUT2D eigenvalue weighted by Gasteiger charge is 2.65. The third-order valence-electron chi connectivity index (χ3n) is 17.2. The summed E-state index contributed by atoms with van der Waals surface area (Å²) in [5.41, 5.74) is 2.42. The molecule has 0 amide bonds. The van der Waals surface area contributed by atoms with Gasteiger partial charge in [-0.3, -0.25) is 4.90 Å². The van der Waals surface area contributed by atoms with E-state index in [1.165, 1.54) is 96.1 Å². The van der Waals surface area contributed by atoms with Crippen molar-refractivity contribution in [3.8, 4) is 0 Å². The number of cyclic esters (lactones) is 1. The molecule has 2 saturated heterocycles. The maximum absolute atomic E-state index is 13.2. The Morgan fingerprint density at radius 2 is 1.78 bits per heavy atom. The van der Waals surface area contributed by atoms with E-state index in [2.05, 4.69) is 60.4 Å². The van der Waals surface area contributed by atoms with Gasteiger partial charge in [-0.05, 0) is 116 Å². The molecule has 11 unspecified atom stereocenters. The predicted molar refractivity (Wildman–Crippen MR) is 211 cm³/mol. The largest absolute Gasteiger partial charge is 0.492 e. The summed E-state index contributed by atoms with van der Waals surface area (Å²) >= 11 is 0. The van der Waals surface area contributed by atoms with Gasteiger partial charge in [0.15, 0.2) is 11.5 Å². The lowest BCUT2D eigenvalue weighted by Gasteiger charge is -2.53. The van der Waals surface area contributed by atoms with Gasteiger partial charge >= 0.3 is 5.97 Å². The van der Waals surface area contributed by atoms with Crippen LogP contribution >= 0.6 is 0 Å². The number of fused-ring (bicyclic) bond motifs is 4. The minimum Gasteiger partial charge on any atom is -0.492 e. The molecule has 0 radical (unpaired) electrons. The normalized spacial score (nSPS) is 41.6. The maximum Gasteiger partial charge on any atom is 0.345 e. The maximum atomic E-state index is 13.2. The number of carbonyl (C=O) groups excluding carboxylic acids is 1. The molecule has 1 aromatic carbocycles. The Balaban J connectivity index is 1.07. The van der Waals surface area contributed by atoms with Crippen LogP contribution in [0, 0.1) is 52.3 Å². The van der Waals surface area contributed by atoms with Crippen LogP contribution in [-0.4, -0.2) is 59.5 Å². The van der Waals surface area contributed by atoms with E-state index < -0.39 is 18.7 Å². The number of rotatable bonds is 6. The lowest BCUT2D eigenvalue weighted by Crippen LogP contribution is -2.61. The number of ether oxygens (including phenoxy) is 3. The molecular formula is C48H63NO6. The smallest absolute Gasteiger partial charge is 0.345 e. The van der Waals surface area contributed by atoms with Crippen molar-refractivity contribution in [1.29, 1.82) is 0 Å². The zero-order valence-electron chi connectivity index (χ0n) is 33.2. The van der Waals surface area contributed by atoms with E-state index in [4.69, 9.17) is 14.2 Å². The number of benzene rings is 1. The highest BCUT2D eigenvalue weighted by atomic mass is 16.6. The first kappa shape index (κ1) is 36.5. The summed E-state index contributed by atoms with van der Waals surface area (Å²) in [6.07, 6.45) is 27.1. The molecule has 4 aliphatic heterocycles. The van der Waals surface area contributed by atoms with E-state index in [0.717, 1.165) is 37.5 Å². The number of carbonyl (C=O) groups is 1. The summed E-state index contributed by atoms with van der Waals surface area (Å²) < 4.78 is 18.3. The Morgan fingerprint density at radius 3 is 2.55 bits per heavy atom. The second kappa shape index (κ2) is 14.2. The number of esters is 1. The Bertz CT molecular complexity index is 1770. The summed E-state index contributed by atoms with van der Waals surface area (Å²) in [5, 5.41) is 23.2. The van der Waals surface area contributed by atoms with E-state index in [1.54, 1.807) is 0 Å². The van der Waals surface area contributed by atoms with E-state index in [1.807, 2.05) is 0 Å². The number of aliphatic hydroxyl groups is 2. The van der Waals surface area contributed by atoms with Gasteiger partial charge in [0.05, 0.1) is 19.8 Å². The number of hydrogen-bond acceptors (Lipinski definition) is 7. The fourth-order valence-corrected chi connectivity index (χ4v) is 15.0. The molecule has 4 saturated carbocycles. The average Bonchev–Trinajstić information content (AvgIpc) is 4.07. The average molecular weight is 750 g/mol. The number of aliphatic hydroxyl groups excluding tert-OH is 2. The third kappa shape index (κ3) is 5.86. The van der Waals surface area contributed by atoms with Crippen molar-refractivity contribution in [2.75, 3.05) is 20.3 Å². The van der Waals surface area contributed by atoms with Crippen LogP contribution in [-0.2, 0) is 19.0 Å². The molecule has 7 heteroatoms. The summed E-state index contributed by atoms with van der Waals surface area (Å²) in [5.74, 6) is 4.63.